The first-order valence-electron chi connectivity index (χ1n) is 18.1. The van der Waals surface area contributed by atoms with Gasteiger partial charge in [0.25, 0.3) is 0 Å². The molecule has 266 valence electrons. The fraction of sp³-hybridized carbons (Fsp3) is 0.390. The predicted octanol–water partition coefficient (Wildman–Crippen LogP) is 7.91. The Morgan fingerprint density at radius 1 is 1.04 bits per heavy atom. The Bertz CT molecular complexity index is 1980. The second-order valence-corrected chi connectivity index (χ2v) is 14.5. The SMILES string of the molecule is C=C1/N=C2\Nc3ccc(C(=C)N(C)C4CCN(CCc5cc(F)cc(F)c5)C4)cc3N2C[C@H](C)CCCCc2c(cnn2C)-c2cc1cc(C)n2. The fourth-order valence-corrected chi connectivity index (χ4v) is 7.74. The van der Waals surface area contributed by atoms with Crippen LogP contribution < -0.4 is 10.2 Å². The highest BCUT2D eigenvalue weighted by molar-refractivity contribution is 6.16. The highest BCUT2D eigenvalue weighted by Gasteiger charge is 2.30. The van der Waals surface area contributed by atoms with Crippen LogP contribution in [0.1, 0.15) is 60.7 Å². The second-order valence-electron chi connectivity index (χ2n) is 14.5. The minimum Gasteiger partial charge on any atom is -0.370 e. The molecule has 0 spiro atoms. The van der Waals surface area contributed by atoms with Crippen molar-refractivity contribution in [2.24, 2.45) is 18.0 Å². The first-order valence-corrected chi connectivity index (χ1v) is 18.1. The topological polar surface area (TPSA) is 64.8 Å². The zero-order valence-electron chi connectivity index (χ0n) is 30.2. The van der Waals surface area contributed by atoms with Crippen LogP contribution in [0, 0.1) is 24.5 Å². The Kier molecular flexibility index (Phi) is 9.79. The van der Waals surface area contributed by atoms with Crippen molar-refractivity contribution in [2.75, 3.05) is 43.4 Å². The number of fused-ring (bicyclic) bond motifs is 7. The molecule has 0 aliphatic carbocycles. The van der Waals surface area contributed by atoms with E-state index in [1.807, 2.05) is 30.9 Å². The van der Waals surface area contributed by atoms with E-state index < -0.39 is 11.6 Å². The summed E-state index contributed by atoms with van der Waals surface area (Å²) in [6.45, 7) is 16.7. The smallest absolute Gasteiger partial charge is 0.208 e. The average molecular weight is 691 g/mol. The highest BCUT2D eigenvalue weighted by Crippen LogP contribution is 2.38. The van der Waals surface area contributed by atoms with Gasteiger partial charge in [-0.3, -0.25) is 9.67 Å². The van der Waals surface area contributed by atoms with E-state index in [-0.39, 0.29) is 0 Å². The maximum atomic E-state index is 13.7. The van der Waals surface area contributed by atoms with E-state index in [1.165, 1.54) is 17.8 Å². The Labute approximate surface area is 300 Å². The summed E-state index contributed by atoms with van der Waals surface area (Å²) in [5.74, 6) is 0.155. The van der Waals surface area contributed by atoms with E-state index >= 15 is 0 Å². The Morgan fingerprint density at radius 2 is 1.84 bits per heavy atom. The van der Waals surface area contributed by atoms with Crippen LogP contribution in [0.5, 0.6) is 0 Å². The van der Waals surface area contributed by atoms with Crippen molar-refractivity contribution in [3.63, 3.8) is 0 Å². The second kappa shape index (κ2) is 14.4. The molecular formula is C41H48F2N8. The van der Waals surface area contributed by atoms with E-state index in [1.54, 1.807) is 0 Å². The monoisotopic (exact) mass is 690 g/mol. The lowest BCUT2D eigenvalue weighted by Gasteiger charge is -2.29. The summed E-state index contributed by atoms with van der Waals surface area (Å²) < 4.78 is 29.4. The molecule has 10 heteroatoms. The summed E-state index contributed by atoms with van der Waals surface area (Å²) in [5, 5.41) is 8.18. The molecule has 2 aromatic heterocycles. The summed E-state index contributed by atoms with van der Waals surface area (Å²) in [7, 11) is 4.13. The molecule has 7 rings (SSSR count). The molecule has 5 heterocycles. The molecule has 0 radical (unpaired) electrons. The number of likely N-dealkylation sites (tertiary alicyclic amines) is 1. The molecule has 0 saturated carbocycles. The molecule has 0 amide bonds. The minimum atomic E-state index is -0.525. The molecule has 3 aliphatic rings. The van der Waals surface area contributed by atoms with Gasteiger partial charge in [-0.05, 0) is 92.5 Å². The molecule has 8 nitrogen and oxygen atoms in total. The quantitative estimate of drug-likeness (QED) is 0.222. The summed E-state index contributed by atoms with van der Waals surface area (Å²) in [4.78, 5) is 17.0. The number of pyridine rings is 1. The third kappa shape index (κ3) is 7.47. The molecular weight excluding hydrogens is 643 g/mol. The highest BCUT2D eigenvalue weighted by atomic mass is 19.1. The maximum Gasteiger partial charge on any atom is 0.208 e. The van der Waals surface area contributed by atoms with E-state index in [4.69, 9.17) is 9.98 Å². The summed E-state index contributed by atoms with van der Waals surface area (Å²) in [6.07, 6.45) is 7.78. The zero-order chi connectivity index (χ0) is 35.8. The number of nitrogens with one attached hydrogen (secondary N) is 1. The molecule has 2 atom stereocenters. The first-order chi connectivity index (χ1) is 24.5. The van der Waals surface area contributed by atoms with Gasteiger partial charge in [-0.25, -0.2) is 13.8 Å². The molecule has 1 fully saturated rings. The van der Waals surface area contributed by atoms with Gasteiger partial charge in [0.2, 0.25) is 5.96 Å². The number of hydrogen-bond acceptors (Lipinski definition) is 7. The van der Waals surface area contributed by atoms with Gasteiger partial charge in [0.15, 0.2) is 0 Å². The standard InChI is InChI=1S/C41H48F2N8/c1-26-9-7-8-10-39-36(23-44-49(39)6)38-20-32(17-27(2)45-38)28(3)46-41-47-37-12-11-31(21-40(37)51(41)24-26)29(4)48(5)35-14-16-50(25-35)15-13-30-18-33(42)22-34(43)19-30/h11-12,17-23,26,35H,3-4,7-10,13-16,24-25H2,1-2,5-6H3,(H,46,47)/t26-,35?/m1/s1. The first kappa shape index (κ1) is 34.6. The number of halogens is 2. The van der Waals surface area contributed by atoms with Crippen LogP contribution in [0.25, 0.3) is 22.7 Å². The number of benzene rings is 2. The third-order valence-electron chi connectivity index (χ3n) is 10.7. The average Bonchev–Trinajstić information content (AvgIpc) is 3.81. The van der Waals surface area contributed by atoms with Gasteiger partial charge in [-0.1, -0.05) is 32.6 Å². The van der Waals surface area contributed by atoms with Gasteiger partial charge < -0.3 is 20.0 Å². The van der Waals surface area contributed by atoms with Gasteiger partial charge in [-0.2, -0.15) is 5.10 Å². The predicted molar refractivity (Wildman–Crippen MR) is 203 cm³/mol. The number of guanidine groups is 1. The molecule has 3 aliphatic heterocycles. The lowest BCUT2D eigenvalue weighted by atomic mass is 10.00. The largest absolute Gasteiger partial charge is 0.370 e. The van der Waals surface area contributed by atoms with Crippen LogP contribution in [0.15, 0.2) is 72.9 Å². The van der Waals surface area contributed by atoms with Crippen LogP contribution in [-0.4, -0.2) is 69.8 Å². The number of rotatable bonds is 6. The van der Waals surface area contributed by atoms with Gasteiger partial charge in [0.1, 0.15) is 11.6 Å². The van der Waals surface area contributed by atoms with Gasteiger partial charge in [0, 0.05) is 80.6 Å². The lowest BCUT2D eigenvalue weighted by Crippen LogP contribution is -2.34. The Hall–Kier alpha value is -4.83. The summed E-state index contributed by atoms with van der Waals surface area (Å²) in [6, 6.07) is 14.7. The normalized spacial score (nSPS) is 20.4. The molecule has 4 aromatic rings. The molecule has 2 bridgehead atoms. The van der Waals surface area contributed by atoms with Crippen LogP contribution in [0.3, 0.4) is 0 Å². The van der Waals surface area contributed by atoms with E-state index in [0.29, 0.717) is 29.6 Å². The number of aromatic nitrogens is 3. The van der Waals surface area contributed by atoms with Crippen molar-refractivity contribution < 1.29 is 8.78 Å². The number of likely N-dealkylation sites (N-methyl/N-ethyl adjacent to an activating group) is 1. The summed E-state index contributed by atoms with van der Waals surface area (Å²) >= 11 is 0. The number of anilines is 2. The van der Waals surface area contributed by atoms with Crippen molar-refractivity contribution >= 4 is 28.7 Å². The molecule has 1 unspecified atom stereocenters. The van der Waals surface area contributed by atoms with Crippen LogP contribution >= 0.6 is 0 Å². The van der Waals surface area contributed by atoms with Crippen molar-refractivity contribution in [2.45, 2.75) is 58.4 Å². The van der Waals surface area contributed by atoms with Crippen LogP contribution in [0.2, 0.25) is 0 Å². The number of hydrogen-bond donors (Lipinski definition) is 1. The van der Waals surface area contributed by atoms with Crippen LogP contribution in [0.4, 0.5) is 20.2 Å². The Balaban J connectivity index is 1.10. The molecule has 2 aromatic carbocycles. The molecule has 1 N–H and O–H groups in total. The minimum absolute atomic E-state index is 0.294. The number of nitrogens with zero attached hydrogens (tertiary/aromatic N) is 7. The summed E-state index contributed by atoms with van der Waals surface area (Å²) in [5.41, 5.74) is 10.5. The van der Waals surface area contributed by atoms with E-state index in [2.05, 4.69) is 76.5 Å². The van der Waals surface area contributed by atoms with Crippen molar-refractivity contribution in [1.29, 1.82) is 0 Å². The third-order valence-corrected chi connectivity index (χ3v) is 10.7. The lowest BCUT2D eigenvalue weighted by molar-refractivity contribution is 0.298. The van der Waals surface area contributed by atoms with Crippen molar-refractivity contribution in [1.82, 2.24) is 24.6 Å². The molecule has 1 saturated heterocycles. The fourth-order valence-electron chi connectivity index (χ4n) is 7.74. The van der Waals surface area contributed by atoms with Gasteiger partial charge in [0.05, 0.1) is 29.0 Å². The number of aryl methyl sites for hydroxylation is 2. The van der Waals surface area contributed by atoms with Crippen molar-refractivity contribution in [3.8, 4) is 11.3 Å². The van der Waals surface area contributed by atoms with Gasteiger partial charge in [-0.15, -0.1) is 0 Å². The van der Waals surface area contributed by atoms with Crippen molar-refractivity contribution in [3.05, 3.63) is 108 Å². The van der Waals surface area contributed by atoms with Gasteiger partial charge >= 0.3 is 0 Å². The maximum absolute atomic E-state index is 13.7. The van der Waals surface area contributed by atoms with E-state index in [9.17, 15) is 8.78 Å². The number of aliphatic imine (C=N–C) groups is 1. The van der Waals surface area contributed by atoms with Crippen LogP contribution in [-0.2, 0) is 19.9 Å². The zero-order valence-corrected chi connectivity index (χ0v) is 30.2. The molecule has 51 heavy (non-hydrogen) atoms. The van der Waals surface area contributed by atoms with E-state index in [0.717, 1.165) is 115 Å². The Morgan fingerprint density at radius 3 is 2.65 bits per heavy atom.